The summed E-state index contributed by atoms with van der Waals surface area (Å²) in [6, 6.07) is 15.0. The highest BCUT2D eigenvalue weighted by Crippen LogP contribution is 2.24. The van der Waals surface area contributed by atoms with Gasteiger partial charge in [-0.05, 0) is 48.7 Å². The van der Waals surface area contributed by atoms with E-state index in [0.29, 0.717) is 5.95 Å². The first-order valence-electron chi connectivity index (χ1n) is 7.99. The molecule has 0 bridgehead atoms. The Hall–Kier alpha value is -2.93. The Kier molecular flexibility index (Phi) is 5.48. The van der Waals surface area contributed by atoms with Crippen LogP contribution in [0.25, 0.3) is 11.3 Å². The standard InChI is InChI=1S/C19H20N4O2S/c1-23-17(13-7-9-15(25-2)10-8-13)12-20-18(23)22-19(24)21-14-5-4-6-16(11-14)26-3/h4-12H,1-3H3,(H2,20,21,22,24). The van der Waals surface area contributed by atoms with E-state index in [1.165, 1.54) is 0 Å². The maximum atomic E-state index is 12.3. The number of urea groups is 1. The van der Waals surface area contributed by atoms with Gasteiger partial charge in [0.05, 0.1) is 19.0 Å². The maximum Gasteiger partial charge on any atom is 0.326 e. The van der Waals surface area contributed by atoms with Gasteiger partial charge in [-0.2, -0.15) is 0 Å². The Labute approximate surface area is 156 Å². The molecule has 0 unspecified atom stereocenters. The zero-order valence-electron chi connectivity index (χ0n) is 14.8. The van der Waals surface area contributed by atoms with E-state index in [4.69, 9.17) is 4.74 Å². The lowest BCUT2D eigenvalue weighted by Gasteiger charge is -2.10. The van der Waals surface area contributed by atoms with E-state index in [0.717, 1.165) is 27.6 Å². The minimum absolute atomic E-state index is 0.335. The lowest BCUT2D eigenvalue weighted by Crippen LogP contribution is -2.21. The molecule has 1 heterocycles. The minimum Gasteiger partial charge on any atom is -0.497 e. The Morgan fingerprint density at radius 3 is 2.62 bits per heavy atom. The molecule has 0 saturated heterocycles. The molecule has 26 heavy (non-hydrogen) atoms. The number of benzene rings is 2. The molecule has 0 aliphatic heterocycles. The molecule has 2 aromatic carbocycles. The molecule has 0 fully saturated rings. The summed E-state index contributed by atoms with van der Waals surface area (Å²) in [6.07, 6.45) is 3.72. The SMILES string of the molecule is COc1ccc(-c2cnc(NC(=O)Nc3cccc(SC)c3)n2C)cc1. The fraction of sp³-hybridized carbons (Fsp3) is 0.158. The van der Waals surface area contributed by atoms with Crippen LogP contribution in [-0.2, 0) is 7.05 Å². The molecule has 2 N–H and O–H groups in total. The normalized spacial score (nSPS) is 10.4. The van der Waals surface area contributed by atoms with Gasteiger partial charge in [0.25, 0.3) is 0 Å². The monoisotopic (exact) mass is 368 g/mol. The van der Waals surface area contributed by atoms with Crippen molar-refractivity contribution >= 4 is 29.4 Å². The molecule has 2 amide bonds. The fourth-order valence-corrected chi connectivity index (χ4v) is 2.98. The maximum absolute atomic E-state index is 12.3. The second kappa shape index (κ2) is 7.97. The number of ether oxygens (including phenoxy) is 1. The lowest BCUT2D eigenvalue weighted by molar-refractivity contribution is 0.262. The number of anilines is 2. The Balaban J connectivity index is 1.71. The van der Waals surface area contributed by atoms with Crippen molar-refractivity contribution in [1.82, 2.24) is 9.55 Å². The van der Waals surface area contributed by atoms with Crippen LogP contribution in [0, 0.1) is 0 Å². The van der Waals surface area contributed by atoms with Crippen LogP contribution in [0.3, 0.4) is 0 Å². The lowest BCUT2D eigenvalue weighted by atomic mass is 10.1. The second-order valence-corrected chi connectivity index (χ2v) is 6.45. The average Bonchev–Trinajstić information content (AvgIpc) is 3.02. The number of methoxy groups -OCH3 is 1. The molecule has 3 aromatic rings. The molecule has 3 rings (SSSR count). The van der Waals surface area contributed by atoms with Crippen molar-refractivity contribution in [2.24, 2.45) is 7.05 Å². The quantitative estimate of drug-likeness (QED) is 0.653. The first-order valence-corrected chi connectivity index (χ1v) is 9.21. The van der Waals surface area contributed by atoms with Crippen LogP contribution in [-0.4, -0.2) is 28.9 Å². The molecule has 0 radical (unpaired) electrons. The Bertz CT molecular complexity index is 906. The number of nitrogens with zero attached hydrogens (tertiary/aromatic N) is 2. The van der Waals surface area contributed by atoms with Crippen LogP contribution in [0.2, 0.25) is 0 Å². The van der Waals surface area contributed by atoms with Crippen molar-refractivity contribution in [1.29, 1.82) is 0 Å². The number of carbonyl (C=O) groups is 1. The number of imidazole rings is 1. The van der Waals surface area contributed by atoms with E-state index in [1.807, 2.05) is 66.4 Å². The van der Waals surface area contributed by atoms with Crippen LogP contribution >= 0.6 is 11.8 Å². The van der Waals surface area contributed by atoms with Gasteiger partial charge < -0.3 is 14.6 Å². The summed E-state index contributed by atoms with van der Waals surface area (Å²) in [4.78, 5) is 17.7. The summed E-state index contributed by atoms with van der Waals surface area (Å²) in [5.41, 5.74) is 2.62. The van der Waals surface area contributed by atoms with Crippen molar-refractivity contribution < 1.29 is 9.53 Å². The van der Waals surface area contributed by atoms with Gasteiger partial charge in [-0.25, -0.2) is 9.78 Å². The molecule has 134 valence electrons. The van der Waals surface area contributed by atoms with Crippen molar-refractivity contribution in [2.45, 2.75) is 4.90 Å². The van der Waals surface area contributed by atoms with Gasteiger partial charge in [-0.15, -0.1) is 11.8 Å². The van der Waals surface area contributed by atoms with E-state index in [1.54, 1.807) is 25.1 Å². The summed E-state index contributed by atoms with van der Waals surface area (Å²) in [6.45, 7) is 0. The van der Waals surface area contributed by atoms with E-state index in [2.05, 4.69) is 15.6 Å². The van der Waals surface area contributed by atoms with Crippen LogP contribution in [0.5, 0.6) is 5.75 Å². The van der Waals surface area contributed by atoms with E-state index < -0.39 is 0 Å². The first-order chi connectivity index (χ1) is 12.6. The molecule has 0 aliphatic rings. The van der Waals surface area contributed by atoms with Crippen molar-refractivity contribution in [3.05, 3.63) is 54.7 Å². The predicted octanol–water partition coefficient (Wildman–Crippen LogP) is 4.46. The van der Waals surface area contributed by atoms with Crippen LogP contribution in [0.15, 0.2) is 59.6 Å². The molecule has 0 atom stereocenters. The van der Waals surface area contributed by atoms with Crippen LogP contribution < -0.4 is 15.4 Å². The largest absolute Gasteiger partial charge is 0.497 e. The predicted molar refractivity (Wildman–Crippen MR) is 106 cm³/mol. The third-order valence-corrected chi connectivity index (χ3v) is 4.65. The topological polar surface area (TPSA) is 68.2 Å². The molecule has 0 spiro atoms. The molecule has 7 heteroatoms. The summed E-state index contributed by atoms with van der Waals surface area (Å²) in [5, 5.41) is 5.60. The Morgan fingerprint density at radius 2 is 1.92 bits per heavy atom. The number of aromatic nitrogens is 2. The highest BCUT2D eigenvalue weighted by atomic mass is 32.2. The summed E-state index contributed by atoms with van der Waals surface area (Å²) in [7, 11) is 3.49. The van der Waals surface area contributed by atoms with E-state index in [-0.39, 0.29) is 6.03 Å². The highest BCUT2D eigenvalue weighted by molar-refractivity contribution is 7.98. The molecule has 0 saturated carbocycles. The van der Waals surface area contributed by atoms with Crippen LogP contribution in [0.1, 0.15) is 0 Å². The van der Waals surface area contributed by atoms with Gasteiger partial charge in [0.1, 0.15) is 5.75 Å². The number of hydrogen-bond donors (Lipinski definition) is 2. The van der Waals surface area contributed by atoms with Crippen molar-refractivity contribution in [2.75, 3.05) is 24.0 Å². The number of rotatable bonds is 5. The highest BCUT2D eigenvalue weighted by Gasteiger charge is 2.11. The van der Waals surface area contributed by atoms with Gasteiger partial charge in [0, 0.05) is 23.2 Å². The summed E-state index contributed by atoms with van der Waals surface area (Å²) in [5.74, 6) is 1.26. The number of thioether (sulfide) groups is 1. The van der Waals surface area contributed by atoms with Gasteiger partial charge >= 0.3 is 6.03 Å². The van der Waals surface area contributed by atoms with E-state index in [9.17, 15) is 4.79 Å². The van der Waals surface area contributed by atoms with Gasteiger partial charge in [0.15, 0.2) is 0 Å². The van der Waals surface area contributed by atoms with Gasteiger partial charge in [-0.1, -0.05) is 6.07 Å². The fourth-order valence-electron chi connectivity index (χ4n) is 2.52. The van der Waals surface area contributed by atoms with Crippen molar-refractivity contribution in [3.8, 4) is 17.0 Å². The molecule has 1 aromatic heterocycles. The van der Waals surface area contributed by atoms with Crippen molar-refractivity contribution in [3.63, 3.8) is 0 Å². The zero-order valence-corrected chi connectivity index (χ0v) is 15.6. The molecular formula is C19H20N4O2S. The number of amides is 2. The van der Waals surface area contributed by atoms with E-state index >= 15 is 0 Å². The number of nitrogens with one attached hydrogen (secondary N) is 2. The average molecular weight is 368 g/mol. The third-order valence-electron chi connectivity index (χ3n) is 3.93. The Morgan fingerprint density at radius 1 is 1.15 bits per heavy atom. The molecular weight excluding hydrogens is 348 g/mol. The summed E-state index contributed by atoms with van der Waals surface area (Å²) < 4.78 is 7.01. The number of hydrogen-bond acceptors (Lipinski definition) is 4. The van der Waals surface area contributed by atoms with Crippen LogP contribution in [0.4, 0.5) is 16.4 Å². The van der Waals surface area contributed by atoms with Gasteiger partial charge in [0.2, 0.25) is 5.95 Å². The zero-order chi connectivity index (χ0) is 18.5. The molecule has 6 nitrogen and oxygen atoms in total. The van der Waals surface area contributed by atoms with Gasteiger partial charge in [-0.3, -0.25) is 5.32 Å². The minimum atomic E-state index is -0.335. The molecule has 0 aliphatic carbocycles. The first kappa shape index (κ1) is 17.9. The number of carbonyl (C=O) groups excluding carboxylic acids is 1. The third kappa shape index (κ3) is 4.00. The smallest absolute Gasteiger partial charge is 0.326 e. The summed E-state index contributed by atoms with van der Waals surface area (Å²) >= 11 is 1.62. The second-order valence-electron chi connectivity index (χ2n) is 5.57.